The van der Waals surface area contributed by atoms with Crippen LogP contribution in [0.5, 0.6) is 0 Å². The van der Waals surface area contributed by atoms with Crippen LogP contribution in [0.1, 0.15) is 27.2 Å². The molecule has 96 valence electrons. The van der Waals surface area contributed by atoms with E-state index in [1.807, 2.05) is 13.0 Å². The summed E-state index contributed by atoms with van der Waals surface area (Å²) in [4.78, 5) is 17.8. The minimum atomic E-state index is -0.125. The minimum Gasteiger partial charge on any atom is -0.357 e. The van der Waals surface area contributed by atoms with E-state index in [1.165, 1.54) is 0 Å². The highest BCUT2D eigenvalue weighted by molar-refractivity contribution is 6.21. The van der Waals surface area contributed by atoms with Crippen LogP contribution in [0.25, 0.3) is 10.9 Å². The number of nitrogens with one attached hydrogen (secondary N) is 2. The second-order valence-corrected chi connectivity index (χ2v) is 5.39. The van der Waals surface area contributed by atoms with E-state index in [4.69, 9.17) is 0 Å². The van der Waals surface area contributed by atoms with Gasteiger partial charge in [-0.1, -0.05) is 0 Å². The van der Waals surface area contributed by atoms with Crippen LogP contribution < -0.4 is 5.43 Å². The zero-order chi connectivity index (χ0) is 13.1. The third-order valence-corrected chi connectivity index (χ3v) is 3.79. The van der Waals surface area contributed by atoms with E-state index in [9.17, 15) is 4.79 Å². The molecule has 5 nitrogen and oxygen atoms in total. The quantitative estimate of drug-likeness (QED) is 0.746. The number of amides is 1. The molecule has 2 aromatic rings. The van der Waals surface area contributed by atoms with E-state index < -0.39 is 0 Å². The number of hydrogen-bond acceptors (Lipinski definition) is 3. The Labute approximate surface area is 110 Å². The Morgan fingerprint density at radius 1 is 1.32 bits per heavy atom. The van der Waals surface area contributed by atoms with Gasteiger partial charge in [0.15, 0.2) is 0 Å². The lowest BCUT2D eigenvalue weighted by molar-refractivity contribution is 0.0956. The predicted octanol–water partition coefficient (Wildman–Crippen LogP) is 1.37. The van der Waals surface area contributed by atoms with Crippen molar-refractivity contribution in [3.05, 3.63) is 34.5 Å². The Morgan fingerprint density at radius 2 is 2.16 bits per heavy atom. The van der Waals surface area contributed by atoms with Crippen LogP contribution in [-0.4, -0.2) is 35.1 Å². The van der Waals surface area contributed by atoms with Crippen LogP contribution in [0.4, 0.5) is 0 Å². The number of benzene rings is 1. The summed E-state index contributed by atoms with van der Waals surface area (Å²) in [6.07, 6.45) is 0. The number of H-pyrrole nitrogens is 1. The molecule has 2 N–H and O–H groups in total. The summed E-state index contributed by atoms with van der Waals surface area (Å²) >= 11 is 0. The Balaban J connectivity index is 2.17. The van der Waals surface area contributed by atoms with Crippen LogP contribution >= 0.6 is 0 Å². The van der Waals surface area contributed by atoms with Gasteiger partial charge in [-0.15, -0.1) is 0 Å². The molecule has 0 saturated carbocycles. The van der Waals surface area contributed by atoms with Crippen molar-refractivity contribution < 1.29 is 4.79 Å². The van der Waals surface area contributed by atoms with Gasteiger partial charge in [-0.25, -0.2) is 5.43 Å². The molecule has 0 radical (unpaired) electrons. The number of aromatic amines is 1. The predicted molar refractivity (Wildman–Crippen MR) is 73.4 cm³/mol. The van der Waals surface area contributed by atoms with Gasteiger partial charge in [-0.05, 0) is 31.7 Å². The average molecular weight is 254 g/mol. The smallest absolute Gasteiger partial charge is 0.272 e. The van der Waals surface area contributed by atoms with Gasteiger partial charge in [0.1, 0.15) is 0 Å². The lowest BCUT2D eigenvalue weighted by Gasteiger charge is -2.23. The molecule has 5 heteroatoms. The molecule has 0 unspecified atom stereocenters. The van der Waals surface area contributed by atoms with E-state index in [2.05, 4.69) is 33.5 Å². The monoisotopic (exact) mass is 254 g/mol. The topological polar surface area (TPSA) is 60.5 Å². The number of hydrogen-bond donors (Lipinski definition) is 2. The molecule has 0 saturated heterocycles. The van der Waals surface area contributed by atoms with Crippen LogP contribution in [0.2, 0.25) is 0 Å². The first-order valence-corrected chi connectivity index (χ1v) is 6.34. The number of aryl methyl sites for hydroxylation is 1. The number of carbonyl (C=O) groups excluding carboxylic acids is 1. The van der Waals surface area contributed by atoms with Crippen molar-refractivity contribution in [3.8, 4) is 0 Å². The van der Waals surface area contributed by atoms with Gasteiger partial charge in [0, 0.05) is 35.2 Å². The molecule has 0 fully saturated rings. The van der Waals surface area contributed by atoms with Crippen LogP contribution in [0.15, 0.2) is 17.2 Å². The van der Waals surface area contributed by atoms with E-state index in [0.717, 1.165) is 52.1 Å². The standard InChI is InChI=1S/C14H14N4O/c1-7-3-8-12-9(4-7)15-10-5-18(2)6-11(13(10)12)16-17-14(8)19/h3-4,15H,5-6H2,1-2H3,(H,17,19). The highest BCUT2D eigenvalue weighted by Crippen LogP contribution is 2.32. The highest BCUT2D eigenvalue weighted by atomic mass is 16.2. The highest BCUT2D eigenvalue weighted by Gasteiger charge is 2.29. The second kappa shape index (κ2) is 3.45. The normalized spacial score (nSPS) is 18.2. The van der Waals surface area contributed by atoms with Gasteiger partial charge in [-0.2, -0.15) is 5.10 Å². The van der Waals surface area contributed by atoms with Crippen molar-refractivity contribution in [1.82, 2.24) is 15.3 Å². The Hall–Kier alpha value is -2.14. The maximum absolute atomic E-state index is 12.2. The van der Waals surface area contributed by atoms with Crippen molar-refractivity contribution in [2.75, 3.05) is 13.6 Å². The first-order chi connectivity index (χ1) is 9.13. The molecule has 0 spiro atoms. The van der Waals surface area contributed by atoms with Crippen molar-refractivity contribution in [2.24, 2.45) is 5.10 Å². The average Bonchev–Trinajstić information content (AvgIpc) is 2.64. The Kier molecular flexibility index (Phi) is 1.95. The van der Waals surface area contributed by atoms with Gasteiger partial charge in [0.2, 0.25) is 0 Å². The molecule has 1 aromatic carbocycles. The van der Waals surface area contributed by atoms with E-state index >= 15 is 0 Å². The van der Waals surface area contributed by atoms with Crippen molar-refractivity contribution >= 4 is 22.5 Å². The fourth-order valence-electron chi connectivity index (χ4n) is 3.08. The molecule has 3 heterocycles. The summed E-state index contributed by atoms with van der Waals surface area (Å²) in [5, 5.41) is 5.30. The maximum atomic E-state index is 12.2. The molecule has 2 aliphatic heterocycles. The number of rotatable bonds is 0. The van der Waals surface area contributed by atoms with Crippen LogP contribution in [0.3, 0.4) is 0 Å². The van der Waals surface area contributed by atoms with Crippen molar-refractivity contribution in [1.29, 1.82) is 0 Å². The van der Waals surface area contributed by atoms with Gasteiger partial charge in [-0.3, -0.25) is 9.69 Å². The first kappa shape index (κ1) is 10.8. The molecular formula is C14H14N4O. The number of nitrogens with zero attached hydrogens (tertiary/aromatic N) is 2. The number of hydrazone groups is 1. The lowest BCUT2D eigenvalue weighted by Crippen LogP contribution is -2.33. The molecule has 19 heavy (non-hydrogen) atoms. The minimum absolute atomic E-state index is 0.125. The Morgan fingerprint density at radius 3 is 3.00 bits per heavy atom. The van der Waals surface area contributed by atoms with Gasteiger partial charge < -0.3 is 4.98 Å². The SMILES string of the molecule is Cc1cc2c3c4c([nH]c3c1)CN(C)CC4=NNC2=O. The summed E-state index contributed by atoms with van der Waals surface area (Å²) < 4.78 is 0. The molecule has 0 aliphatic carbocycles. The zero-order valence-electron chi connectivity index (χ0n) is 10.9. The number of aromatic nitrogens is 1. The third kappa shape index (κ3) is 1.39. The van der Waals surface area contributed by atoms with Crippen molar-refractivity contribution in [3.63, 3.8) is 0 Å². The van der Waals surface area contributed by atoms with Crippen LogP contribution in [-0.2, 0) is 6.54 Å². The maximum Gasteiger partial charge on any atom is 0.272 e. The van der Waals surface area contributed by atoms with Gasteiger partial charge in [0.25, 0.3) is 5.91 Å². The molecule has 2 aliphatic rings. The number of likely N-dealkylation sites (N-methyl/N-ethyl adjacent to an activating group) is 1. The fraction of sp³-hybridized carbons (Fsp3) is 0.286. The largest absolute Gasteiger partial charge is 0.357 e. The fourth-order valence-corrected chi connectivity index (χ4v) is 3.08. The third-order valence-electron chi connectivity index (χ3n) is 3.79. The number of carbonyl (C=O) groups is 1. The summed E-state index contributed by atoms with van der Waals surface area (Å²) in [6.45, 7) is 3.62. The van der Waals surface area contributed by atoms with Crippen LogP contribution in [0, 0.1) is 6.92 Å². The zero-order valence-corrected chi connectivity index (χ0v) is 10.9. The van der Waals surface area contributed by atoms with Gasteiger partial charge in [0.05, 0.1) is 11.3 Å². The van der Waals surface area contributed by atoms with Gasteiger partial charge >= 0.3 is 0 Å². The summed E-state index contributed by atoms with van der Waals surface area (Å²) in [6, 6.07) is 4.02. The van der Waals surface area contributed by atoms with E-state index in [-0.39, 0.29) is 5.91 Å². The summed E-state index contributed by atoms with van der Waals surface area (Å²) in [5.74, 6) is -0.125. The first-order valence-electron chi connectivity index (χ1n) is 6.34. The summed E-state index contributed by atoms with van der Waals surface area (Å²) in [5.41, 5.74) is 8.67. The molecule has 4 rings (SSSR count). The molecule has 0 bridgehead atoms. The summed E-state index contributed by atoms with van der Waals surface area (Å²) in [7, 11) is 2.05. The van der Waals surface area contributed by atoms with Crippen molar-refractivity contribution in [2.45, 2.75) is 13.5 Å². The molecular weight excluding hydrogens is 240 g/mol. The van der Waals surface area contributed by atoms with E-state index in [1.54, 1.807) is 0 Å². The molecule has 1 aromatic heterocycles. The second-order valence-electron chi connectivity index (χ2n) is 5.39. The molecule has 0 atom stereocenters. The lowest BCUT2D eigenvalue weighted by atomic mass is 9.97. The van der Waals surface area contributed by atoms with E-state index in [0.29, 0.717) is 0 Å². The molecule has 1 amide bonds. The Bertz CT molecular complexity index is 756.